The van der Waals surface area contributed by atoms with Gasteiger partial charge >= 0.3 is 0 Å². The summed E-state index contributed by atoms with van der Waals surface area (Å²) in [6.07, 6.45) is 2.16. The molecule has 0 fully saturated rings. The number of methoxy groups -OCH3 is 1. The van der Waals surface area contributed by atoms with Crippen LogP contribution in [0.4, 0.5) is 0 Å². The van der Waals surface area contributed by atoms with Crippen molar-refractivity contribution < 1.29 is 9.84 Å². The van der Waals surface area contributed by atoms with E-state index in [0.29, 0.717) is 5.75 Å². The maximum atomic E-state index is 10.5. The number of ether oxygens (including phenoxy) is 1. The summed E-state index contributed by atoms with van der Waals surface area (Å²) in [6, 6.07) is 22.0. The fraction of sp³-hybridized carbons (Fsp3) is 0.333. The zero-order valence-electron chi connectivity index (χ0n) is 22.0. The number of benzene rings is 4. The SMILES string of the molecule is COc1ccc(-c2ccc3c4c(cc(-c5ccc(O)c(C(C)(C)C)c5)cc24)CC3)cc1C(C)(C)C. The van der Waals surface area contributed by atoms with Crippen LogP contribution in [0.1, 0.15) is 63.8 Å². The summed E-state index contributed by atoms with van der Waals surface area (Å²) in [5, 5.41) is 13.2. The van der Waals surface area contributed by atoms with Crippen molar-refractivity contribution in [1.29, 1.82) is 0 Å². The van der Waals surface area contributed by atoms with Crippen LogP contribution >= 0.6 is 0 Å². The Bertz CT molecular complexity index is 1450. The summed E-state index contributed by atoms with van der Waals surface area (Å²) in [5.74, 6) is 1.30. The third-order valence-electron chi connectivity index (χ3n) is 7.40. The smallest absolute Gasteiger partial charge is 0.122 e. The normalized spacial score (nSPS) is 13.5. The highest BCUT2D eigenvalue weighted by atomic mass is 16.5. The largest absolute Gasteiger partial charge is 0.508 e. The molecule has 0 spiro atoms. The molecule has 0 bridgehead atoms. The third-order valence-corrected chi connectivity index (χ3v) is 7.40. The van der Waals surface area contributed by atoms with Gasteiger partial charge in [-0.1, -0.05) is 71.9 Å². The van der Waals surface area contributed by atoms with E-state index in [1.54, 1.807) is 7.11 Å². The third kappa shape index (κ3) is 4.10. The molecule has 0 aliphatic heterocycles. The molecule has 0 atom stereocenters. The first-order valence-corrected chi connectivity index (χ1v) is 12.6. The minimum Gasteiger partial charge on any atom is -0.508 e. The predicted octanol–water partition coefficient (Wildman–Crippen LogP) is 8.58. The zero-order valence-corrected chi connectivity index (χ0v) is 22.0. The number of aryl methyl sites for hydroxylation is 2. The molecule has 2 nitrogen and oxygen atoms in total. The van der Waals surface area contributed by atoms with Gasteiger partial charge in [-0.05, 0) is 104 Å². The fourth-order valence-corrected chi connectivity index (χ4v) is 5.52. The van der Waals surface area contributed by atoms with Crippen molar-refractivity contribution in [1.82, 2.24) is 0 Å². The molecule has 4 aromatic rings. The van der Waals surface area contributed by atoms with E-state index in [9.17, 15) is 5.11 Å². The molecule has 0 aromatic heterocycles. The number of hydrogen-bond donors (Lipinski definition) is 1. The second-order valence-electron chi connectivity index (χ2n) is 12.0. The van der Waals surface area contributed by atoms with Crippen molar-refractivity contribution in [3.63, 3.8) is 0 Å². The summed E-state index contributed by atoms with van der Waals surface area (Å²) >= 11 is 0. The minimum absolute atomic E-state index is 0.0171. The van der Waals surface area contributed by atoms with Crippen molar-refractivity contribution in [2.24, 2.45) is 0 Å². The Morgan fingerprint density at radius 3 is 2.00 bits per heavy atom. The minimum atomic E-state index is -0.126. The first kappa shape index (κ1) is 23.5. The van der Waals surface area contributed by atoms with Gasteiger partial charge in [0.1, 0.15) is 11.5 Å². The highest BCUT2D eigenvalue weighted by molar-refractivity contribution is 6.03. The van der Waals surface area contributed by atoms with Crippen LogP contribution in [0, 0.1) is 0 Å². The van der Waals surface area contributed by atoms with Crippen LogP contribution in [0.25, 0.3) is 33.0 Å². The maximum absolute atomic E-state index is 10.5. The molecule has 0 amide bonds. The molecule has 0 radical (unpaired) electrons. The molecule has 1 aliphatic rings. The maximum Gasteiger partial charge on any atom is 0.122 e. The second-order valence-corrected chi connectivity index (χ2v) is 12.0. The fourth-order valence-electron chi connectivity index (χ4n) is 5.52. The van der Waals surface area contributed by atoms with Gasteiger partial charge in [0, 0.05) is 5.56 Å². The average Bonchev–Trinajstić information content (AvgIpc) is 3.22. The van der Waals surface area contributed by atoms with Gasteiger partial charge in [-0.2, -0.15) is 0 Å². The van der Waals surface area contributed by atoms with Crippen molar-refractivity contribution in [3.8, 4) is 33.8 Å². The van der Waals surface area contributed by atoms with E-state index < -0.39 is 0 Å². The molecule has 2 heteroatoms. The van der Waals surface area contributed by atoms with E-state index >= 15 is 0 Å². The average molecular weight is 465 g/mol. The number of aromatic hydroxyl groups is 1. The highest BCUT2D eigenvalue weighted by Gasteiger charge is 2.23. The topological polar surface area (TPSA) is 29.5 Å². The highest BCUT2D eigenvalue weighted by Crippen LogP contribution is 2.43. The van der Waals surface area contributed by atoms with E-state index in [1.165, 1.54) is 44.2 Å². The summed E-state index contributed by atoms with van der Waals surface area (Å²) in [5.41, 5.74) is 9.76. The number of phenols is 1. The molecule has 1 aliphatic carbocycles. The molecule has 1 N–H and O–H groups in total. The van der Waals surface area contributed by atoms with Crippen molar-refractivity contribution >= 4 is 10.8 Å². The second kappa shape index (κ2) is 8.16. The van der Waals surface area contributed by atoms with E-state index in [4.69, 9.17) is 4.74 Å². The number of rotatable bonds is 3. The summed E-state index contributed by atoms with van der Waals surface area (Å²) in [6.45, 7) is 13.1. The van der Waals surface area contributed by atoms with Gasteiger partial charge in [0.2, 0.25) is 0 Å². The van der Waals surface area contributed by atoms with Gasteiger partial charge in [-0.3, -0.25) is 0 Å². The van der Waals surface area contributed by atoms with Crippen molar-refractivity contribution in [2.45, 2.75) is 65.2 Å². The van der Waals surface area contributed by atoms with E-state index in [1.807, 2.05) is 12.1 Å². The first-order chi connectivity index (χ1) is 16.5. The van der Waals surface area contributed by atoms with Crippen LogP contribution in [0.5, 0.6) is 11.5 Å². The Hall–Kier alpha value is -3.26. The number of hydrogen-bond acceptors (Lipinski definition) is 2. The Labute approximate surface area is 209 Å². The van der Waals surface area contributed by atoms with E-state index in [2.05, 4.69) is 90.1 Å². The van der Waals surface area contributed by atoms with Gasteiger partial charge in [0.15, 0.2) is 0 Å². The molecule has 180 valence electrons. The predicted molar refractivity (Wildman–Crippen MR) is 148 cm³/mol. The van der Waals surface area contributed by atoms with Crippen LogP contribution in [0.2, 0.25) is 0 Å². The van der Waals surface area contributed by atoms with Crippen LogP contribution in [0.3, 0.4) is 0 Å². The molecule has 0 unspecified atom stereocenters. The van der Waals surface area contributed by atoms with E-state index in [-0.39, 0.29) is 10.8 Å². The van der Waals surface area contributed by atoms with Crippen LogP contribution in [0.15, 0.2) is 60.7 Å². The lowest BCUT2D eigenvalue weighted by atomic mass is 9.83. The lowest BCUT2D eigenvalue weighted by molar-refractivity contribution is 0.397. The van der Waals surface area contributed by atoms with Crippen molar-refractivity contribution in [3.05, 3.63) is 82.9 Å². The quantitative estimate of drug-likeness (QED) is 0.329. The van der Waals surface area contributed by atoms with E-state index in [0.717, 1.165) is 29.7 Å². The van der Waals surface area contributed by atoms with Crippen LogP contribution < -0.4 is 4.74 Å². The standard InChI is InChI=1S/C33H36O2/c1-32(2,3)27-18-21(11-14-29(27)34)24-16-23-9-8-20-10-13-25(26(17-24)31(20)23)22-12-15-30(35-7)28(19-22)33(4,5)6/h10-19,34H,8-9H2,1-7H3. The lowest BCUT2D eigenvalue weighted by Crippen LogP contribution is -2.13. The summed E-state index contributed by atoms with van der Waals surface area (Å²) < 4.78 is 5.70. The molecule has 5 rings (SSSR count). The molecule has 0 heterocycles. The van der Waals surface area contributed by atoms with Crippen LogP contribution in [-0.2, 0) is 23.7 Å². The molecule has 35 heavy (non-hydrogen) atoms. The van der Waals surface area contributed by atoms with Gasteiger partial charge in [-0.25, -0.2) is 0 Å². The Morgan fingerprint density at radius 1 is 0.657 bits per heavy atom. The van der Waals surface area contributed by atoms with Crippen molar-refractivity contribution in [2.75, 3.05) is 7.11 Å². The molecule has 0 saturated heterocycles. The molecular formula is C33H36O2. The van der Waals surface area contributed by atoms with Crippen LogP contribution in [-0.4, -0.2) is 12.2 Å². The Balaban J connectivity index is 1.74. The Morgan fingerprint density at radius 2 is 1.31 bits per heavy atom. The molecule has 0 saturated carbocycles. The van der Waals surface area contributed by atoms with Gasteiger partial charge in [0.25, 0.3) is 0 Å². The Kier molecular flexibility index (Phi) is 5.47. The lowest BCUT2D eigenvalue weighted by Gasteiger charge is -2.23. The van der Waals surface area contributed by atoms with Gasteiger partial charge in [-0.15, -0.1) is 0 Å². The monoisotopic (exact) mass is 464 g/mol. The number of phenolic OH excluding ortho intramolecular Hbond substituents is 1. The molecular weight excluding hydrogens is 428 g/mol. The van der Waals surface area contributed by atoms with Gasteiger partial charge in [0.05, 0.1) is 7.11 Å². The van der Waals surface area contributed by atoms with Gasteiger partial charge < -0.3 is 9.84 Å². The summed E-state index contributed by atoms with van der Waals surface area (Å²) in [7, 11) is 1.75. The first-order valence-electron chi connectivity index (χ1n) is 12.6. The zero-order chi connectivity index (χ0) is 25.1. The summed E-state index contributed by atoms with van der Waals surface area (Å²) in [4.78, 5) is 0. The molecule has 4 aromatic carbocycles.